The molecule has 7 heteroatoms. The van der Waals surface area contributed by atoms with Crippen molar-refractivity contribution < 1.29 is 14.0 Å². The van der Waals surface area contributed by atoms with Gasteiger partial charge >= 0.3 is 0 Å². The van der Waals surface area contributed by atoms with Crippen molar-refractivity contribution in [3.8, 4) is 0 Å². The van der Waals surface area contributed by atoms with Crippen LogP contribution >= 0.6 is 0 Å². The average Bonchev–Trinajstić information content (AvgIpc) is 3.08. The summed E-state index contributed by atoms with van der Waals surface area (Å²) in [5.41, 5.74) is 1.28. The molecule has 1 heterocycles. The molecule has 2 N–H and O–H groups in total. The number of carbonyl (C=O) groups excluding carboxylic acids is 2. The maximum absolute atomic E-state index is 13.4. The van der Waals surface area contributed by atoms with E-state index < -0.39 is 0 Å². The Labute approximate surface area is 164 Å². The van der Waals surface area contributed by atoms with Crippen molar-refractivity contribution in [3.05, 3.63) is 29.8 Å². The first-order valence-corrected chi connectivity index (χ1v) is 10.2. The zero-order valence-corrected chi connectivity index (χ0v) is 16.6. The van der Waals surface area contributed by atoms with Gasteiger partial charge in [-0.1, -0.05) is 26.2 Å². The van der Waals surface area contributed by atoms with Crippen LogP contribution in [0.2, 0.25) is 0 Å². The highest BCUT2D eigenvalue weighted by atomic mass is 19.1. The molecule has 0 radical (unpaired) electrons. The molecule has 0 saturated heterocycles. The van der Waals surface area contributed by atoms with Crippen LogP contribution in [0.5, 0.6) is 0 Å². The molecule has 6 nitrogen and oxygen atoms in total. The smallest absolute Gasteiger partial charge is 0.226 e. The van der Waals surface area contributed by atoms with Crippen LogP contribution in [0.15, 0.2) is 18.2 Å². The molecule has 152 valence electrons. The minimum absolute atomic E-state index is 0.000822. The number of H-pyrrole nitrogens is 1. The van der Waals surface area contributed by atoms with Crippen molar-refractivity contribution >= 4 is 22.8 Å². The number of aromatic nitrogens is 2. The van der Waals surface area contributed by atoms with Crippen molar-refractivity contribution in [2.24, 2.45) is 11.8 Å². The SMILES string of the molecule is CCCCNC(=O)C1CCCCC1C(=O)N(C)Cc1nc2ccc(F)cc2[nH]1. The van der Waals surface area contributed by atoms with Crippen molar-refractivity contribution in [2.75, 3.05) is 13.6 Å². The largest absolute Gasteiger partial charge is 0.356 e. The third-order valence-electron chi connectivity index (χ3n) is 5.51. The molecular formula is C21H29FN4O2. The molecule has 2 aromatic rings. The number of imidazole rings is 1. The van der Waals surface area contributed by atoms with Gasteiger partial charge in [0, 0.05) is 25.4 Å². The molecule has 2 amide bonds. The Hall–Kier alpha value is -2.44. The summed E-state index contributed by atoms with van der Waals surface area (Å²) in [6.45, 7) is 3.05. The van der Waals surface area contributed by atoms with E-state index in [1.165, 1.54) is 12.1 Å². The lowest BCUT2D eigenvalue weighted by Crippen LogP contribution is -2.44. The molecule has 1 aromatic heterocycles. The highest BCUT2D eigenvalue weighted by Gasteiger charge is 2.37. The van der Waals surface area contributed by atoms with Crippen LogP contribution in [0, 0.1) is 17.7 Å². The third kappa shape index (κ3) is 4.69. The van der Waals surface area contributed by atoms with Gasteiger partial charge in [0.2, 0.25) is 11.8 Å². The number of unbranched alkanes of at least 4 members (excludes halogenated alkanes) is 1. The molecule has 1 aliphatic rings. The number of benzene rings is 1. The number of nitrogens with zero attached hydrogens (tertiary/aromatic N) is 2. The molecule has 1 fully saturated rings. The Morgan fingerprint density at radius 2 is 2.04 bits per heavy atom. The number of amides is 2. The molecule has 0 bridgehead atoms. The number of carbonyl (C=O) groups is 2. The minimum Gasteiger partial charge on any atom is -0.356 e. The van der Waals surface area contributed by atoms with Gasteiger partial charge in [-0.2, -0.15) is 0 Å². The van der Waals surface area contributed by atoms with Gasteiger partial charge in [0.25, 0.3) is 0 Å². The predicted molar refractivity (Wildman–Crippen MR) is 106 cm³/mol. The minimum atomic E-state index is -0.328. The van der Waals surface area contributed by atoms with Crippen molar-refractivity contribution in [2.45, 2.75) is 52.0 Å². The Morgan fingerprint density at radius 1 is 1.29 bits per heavy atom. The summed E-state index contributed by atoms with van der Waals surface area (Å²) in [5.74, 6) is -0.295. The van der Waals surface area contributed by atoms with Gasteiger partial charge in [-0.15, -0.1) is 0 Å². The number of aromatic amines is 1. The second-order valence-electron chi connectivity index (χ2n) is 7.68. The summed E-state index contributed by atoms with van der Waals surface area (Å²) in [5, 5.41) is 2.99. The zero-order chi connectivity index (χ0) is 20.1. The normalized spacial score (nSPS) is 19.5. The van der Waals surface area contributed by atoms with E-state index in [-0.39, 0.29) is 29.5 Å². The van der Waals surface area contributed by atoms with E-state index in [0.717, 1.165) is 38.5 Å². The summed E-state index contributed by atoms with van der Waals surface area (Å²) >= 11 is 0. The van der Waals surface area contributed by atoms with Gasteiger partial charge in [-0.3, -0.25) is 9.59 Å². The van der Waals surface area contributed by atoms with Gasteiger partial charge in [-0.25, -0.2) is 9.37 Å². The molecule has 0 spiro atoms. The fraction of sp³-hybridized carbons (Fsp3) is 0.571. The molecule has 3 rings (SSSR count). The van der Waals surface area contributed by atoms with E-state index in [4.69, 9.17) is 0 Å². The van der Waals surface area contributed by atoms with Crippen LogP contribution in [0.1, 0.15) is 51.3 Å². The number of nitrogens with one attached hydrogen (secondary N) is 2. The van der Waals surface area contributed by atoms with E-state index in [1.807, 2.05) is 0 Å². The Balaban J connectivity index is 1.66. The lowest BCUT2D eigenvalue weighted by Gasteiger charge is -2.32. The first kappa shape index (κ1) is 20.3. The molecule has 2 atom stereocenters. The summed E-state index contributed by atoms with van der Waals surface area (Å²) in [7, 11) is 1.73. The van der Waals surface area contributed by atoms with Crippen molar-refractivity contribution in [1.29, 1.82) is 0 Å². The van der Waals surface area contributed by atoms with E-state index in [9.17, 15) is 14.0 Å². The average molecular weight is 388 g/mol. The van der Waals surface area contributed by atoms with Crippen LogP contribution in [-0.4, -0.2) is 40.3 Å². The van der Waals surface area contributed by atoms with E-state index >= 15 is 0 Å². The summed E-state index contributed by atoms with van der Waals surface area (Å²) in [6, 6.07) is 4.38. The Morgan fingerprint density at radius 3 is 2.79 bits per heavy atom. The molecule has 0 aliphatic heterocycles. The first-order valence-electron chi connectivity index (χ1n) is 10.2. The van der Waals surface area contributed by atoms with Gasteiger partial charge in [0.05, 0.1) is 17.6 Å². The van der Waals surface area contributed by atoms with E-state index in [0.29, 0.717) is 29.9 Å². The zero-order valence-electron chi connectivity index (χ0n) is 16.6. The highest BCUT2D eigenvalue weighted by molar-refractivity contribution is 5.87. The fourth-order valence-electron chi connectivity index (χ4n) is 3.95. The van der Waals surface area contributed by atoms with Crippen LogP contribution < -0.4 is 5.32 Å². The monoisotopic (exact) mass is 388 g/mol. The second-order valence-corrected chi connectivity index (χ2v) is 7.68. The van der Waals surface area contributed by atoms with Gasteiger partial charge in [0.15, 0.2) is 0 Å². The maximum atomic E-state index is 13.4. The predicted octanol–water partition coefficient (Wildman–Crippen LogP) is 3.38. The summed E-state index contributed by atoms with van der Waals surface area (Å²) in [6.07, 6.45) is 5.41. The molecular weight excluding hydrogens is 359 g/mol. The third-order valence-corrected chi connectivity index (χ3v) is 5.51. The quantitative estimate of drug-likeness (QED) is 0.714. The summed E-state index contributed by atoms with van der Waals surface area (Å²) < 4.78 is 13.4. The van der Waals surface area contributed by atoms with Crippen molar-refractivity contribution in [3.63, 3.8) is 0 Å². The molecule has 1 saturated carbocycles. The lowest BCUT2D eigenvalue weighted by atomic mass is 9.78. The molecule has 1 aliphatic carbocycles. The highest BCUT2D eigenvalue weighted by Crippen LogP contribution is 2.32. The molecule has 2 unspecified atom stereocenters. The number of fused-ring (bicyclic) bond motifs is 1. The second kappa shape index (κ2) is 9.17. The number of rotatable bonds is 7. The first-order chi connectivity index (χ1) is 13.5. The van der Waals surface area contributed by atoms with Crippen LogP contribution in [0.3, 0.4) is 0 Å². The van der Waals surface area contributed by atoms with Gasteiger partial charge in [0.1, 0.15) is 11.6 Å². The van der Waals surface area contributed by atoms with Crippen LogP contribution in [-0.2, 0) is 16.1 Å². The summed E-state index contributed by atoms with van der Waals surface area (Å²) in [4.78, 5) is 34.8. The van der Waals surface area contributed by atoms with E-state index in [1.54, 1.807) is 18.0 Å². The van der Waals surface area contributed by atoms with E-state index in [2.05, 4.69) is 22.2 Å². The van der Waals surface area contributed by atoms with Gasteiger partial charge < -0.3 is 15.2 Å². The molecule has 28 heavy (non-hydrogen) atoms. The maximum Gasteiger partial charge on any atom is 0.226 e. The lowest BCUT2D eigenvalue weighted by molar-refractivity contribution is -0.143. The number of hydrogen-bond acceptors (Lipinski definition) is 3. The number of hydrogen-bond donors (Lipinski definition) is 2. The topological polar surface area (TPSA) is 78.1 Å². The standard InChI is InChI=1S/C21H29FN4O2/c1-3-4-11-23-20(27)15-7-5-6-8-16(15)21(28)26(2)13-19-24-17-10-9-14(22)12-18(17)25-19/h9-10,12,15-16H,3-8,11,13H2,1-2H3,(H,23,27)(H,24,25). The Kier molecular flexibility index (Phi) is 6.65. The van der Waals surface area contributed by atoms with Crippen LogP contribution in [0.25, 0.3) is 11.0 Å². The fourth-order valence-corrected chi connectivity index (χ4v) is 3.95. The van der Waals surface area contributed by atoms with Gasteiger partial charge in [-0.05, 0) is 37.5 Å². The molecule has 1 aromatic carbocycles. The van der Waals surface area contributed by atoms with Crippen LogP contribution in [0.4, 0.5) is 4.39 Å². The number of halogens is 1. The Bertz CT molecular complexity index is 835. The van der Waals surface area contributed by atoms with Crippen molar-refractivity contribution in [1.82, 2.24) is 20.2 Å².